The van der Waals surface area contributed by atoms with Crippen molar-refractivity contribution in [3.05, 3.63) is 35.6 Å². The van der Waals surface area contributed by atoms with E-state index >= 15 is 0 Å². The van der Waals surface area contributed by atoms with Crippen LogP contribution in [0, 0.1) is 17.7 Å². The minimum absolute atomic E-state index is 0.0233. The lowest BCUT2D eigenvalue weighted by molar-refractivity contribution is -0.146. The Morgan fingerprint density at radius 1 is 1.37 bits per heavy atom. The van der Waals surface area contributed by atoms with Crippen LogP contribution in [0.3, 0.4) is 0 Å². The average Bonchev–Trinajstić information content (AvgIpc) is 2.36. The van der Waals surface area contributed by atoms with E-state index in [0.29, 0.717) is 24.4 Å². The first kappa shape index (κ1) is 15.6. The van der Waals surface area contributed by atoms with Gasteiger partial charge in [-0.2, -0.15) is 0 Å². The minimum Gasteiger partial charge on any atom is -0.461 e. The van der Waals surface area contributed by atoms with Gasteiger partial charge in [0.05, 0.1) is 0 Å². The number of rotatable bonds is 7. The number of nitrogens with two attached hydrogens (primary N) is 1. The predicted octanol–water partition coefficient (Wildman–Crippen LogP) is 2.88. The van der Waals surface area contributed by atoms with Crippen LogP contribution in [0.1, 0.15) is 32.3 Å². The summed E-state index contributed by atoms with van der Waals surface area (Å²) in [6.45, 7) is 4.62. The predicted molar refractivity (Wildman–Crippen MR) is 72.8 cm³/mol. The third kappa shape index (κ3) is 5.83. The van der Waals surface area contributed by atoms with Crippen LogP contribution in [-0.4, -0.2) is 12.5 Å². The zero-order valence-electron chi connectivity index (χ0n) is 11.6. The molecule has 0 spiro atoms. The summed E-state index contributed by atoms with van der Waals surface area (Å²) < 4.78 is 18.4. The number of hydrogen-bond donors (Lipinski definition) is 1. The highest BCUT2D eigenvalue weighted by Crippen LogP contribution is 2.15. The summed E-state index contributed by atoms with van der Waals surface area (Å²) in [6, 6.07) is 6.28. The quantitative estimate of drug-likeness (QED) is 0.773. The molecule has 1 unspecified atom stereocenters. The van der Waals surface area contributed by atoms with E-state index in [1.807, 2.05) is 0 Å². The Morgan fingerprint density at radius 3 is 2.63 bits per heavy atom. The molecule has 0 aliphatic rings. The maximum absolute atomic E-state index is 13.3. The van der Waals surface area contributed by atoms with Gasteiger partial charge < -0.3 is 10.5 Å². The second-order valence-corrected chi connectivity index (χ2v) is 5.19. The largest absolute Gasteiger partial charge is 0.461 e. The van der Waals surface area contributed by atoms with Gasteiger partial charge in [-0.1, -0.05) is 32.0 Å². The van der Waals surface area contributed by atoms with Crippen LogP contribution in [0.25, 0.3) is 0 Å². The van der Waals surface area contributed by atoms with Crippen molar-refractivity contribution in [1.29, 1.82) is 0 Å². The summed E-state index contributed by atoms with van der Waals surface area (Å²) in [5.74, 6) is -0.0479. The summed E-state index contributed by atoms with van der Waals surface area (Å²) in [7, 11) is 0. The highest BCUT2D eigenvalue weighted by molar-refractivity contribution is 5.69. The Bertz CT molecular complexity index is 407. The molecule has 3 nitrogen and oxygen atoms in total. The molecule has 0 aliphatic carbocycles. The molecule has 19 heavy (non-hydrogen) atoms. The first-order chi connectivity index (χ1) is 9.02. The molecule has 1 aromatic carbocycles. The molecule has 0 bridgehead atoms. The standard InChI is InChI=1S/C15H22FNO2/c1-11(2)7-12(9-17)8-15(18)19-10-13-5-3-4-6-14(13)16/h3-6,11-12H,7-10,17H2,1-2H3. The first-order valence-electron chi connectivity index (χ1n) is 6.62. The van der Waals surface area contributed by atoms with Crippen LogP contribution in [-0.2, 0) is 16.1 Å². The van der Waals surface area contributed by atoms with E-state index in [4.69, 9.17) is 10.5 Å². The number of benzene rings is 1. The fourth-order valence-corrected chi connectivity index (χ4v) is 2.00. The van der Waals surface area contributed by atoms with Crippen molar-refractivity contribution >= 4 is 5.97 Å². The van der Waals surface area contributed by atoms with Crippen molar-refractivity contribution < 1.29 is 13.9 Å². The van der Waals surface area contributed by atoms with Crippen LogP contribution < -0.4 is 5.73 Å². The molecule has 0 aliphatic heterocycles. The Balaban J connectivity index is 2.41. The molecule has 0 saturated carbocycles. The van der Waals surface area contributed by atoms with Gasteiger partial charge in [-0.25, -0.2) is 4.39 Å². The number of halogens is 1. The van der Waals surface area contributed by atoms with Crippen molar-refractivity contribution in [2.75, 3.05) is 6.54 Å². The number of hydrogen-bond acceptors (Lipinski definition) is 3. The molecule has 1 aromatic rings. The van der Waals surface area contributed by atoms with E-state index in [0.717, 1.165) is 6.42 Å². The normalized spacial score (nSPS) is 12.5. The van der Waals surface area contributed by atoms with Crippen molar-refractivity contribution in [3.8, 4) is 0 Å². The molecule has 2 N–H and O–H groups in total. The SMILES string of the molecule is CC(C)CC(CN)CC(=O)OCc1ccccc1F. The van der Waals surface area contributed by atoms with E-state index in [1.165, 1.54) is 6.07 Å². The molecule has 4 heteroatoms. The summed E-state index contributed by atoms with van der Waals surface area (Å²) in [5, 5.41) is 0. The number of carbonyl (C=O) groups is 1. The first-order valence-corrected chi connectivity index (χ1v) is 6.62. The molecule has 0 amide bonds. The van der Waals surface area contributed by atoms with Crippen LogP contribution >= 0.6 is 0 Å². The summed E-state index contributed by atoms with van der Waals surface area (Å²) in [4.78, 5) is 11.7. The second kappa shape index (κ2) is 7.89. The van der Waals surface area contributed by atoms with E-state index in [2.05, 4.69) is 13.8 Å². The molecular weight excluding hydrogens is 245 g/mol. The monoisotopic (exact) mass is 267 g/mol. The Hall–Kier alpha value is -1.42. The van der Waals surface area contributed by atoms with Crippen LogP contribution in [0.5, 0.6) is 0 Å². The van der Waals surface area contributed by atoms with Gasteiger partial charge in [0.15, 0.2) is 0 Å². The van der Waals surface area contributed by atoms with Crippen LogP contribution in [0.4, 0.5) is 4.39 Å². The molecular formula is C15H22FNO2. The highest BCUT2D eigenvalue weighted by atomic mass is 19.1. The van der Waals surface area contributed by atoms with Gasteiger partial charge in [0.2, 0.25) is 0 Å². The maximum atomic E-state index is 13.3. The van der Waals surface area contributed by atoms with Gasteiger partial charge in [-0.3, -0.25) is 4.79 Å². The van der Waals surface area contributed by atoms with Gasteiger partial charge in [-0.05, 0) is 30.9 Å². The topological polar surface area (TPSA) is 52.3 Å². The lowest BCUT2D eigenvalue weighted by Crippen LogP contribution is -2.21. The fourth-order valence-electron chi connectivity index (χ4n) is 2.00. The third-order valence-electron chi connectivity index (χ3n) is 2.94. The van der Waals surface area contributed by atoms with Crippen molar-refractivity contribution in [2.24, 2.45) is 17.6 Å². The minimum atomic E-state index is -0.354. The third-order valence-corrected chi connectivity index (χ3v) is 2.94. The summed E-state index contributed by atoms with van der Waals surface area (Å²) >= 11 is 0. The lowest BCUT2D eigenvalue weighted by Gasteiger charge is -2.16. The molecule has 0 saturated heterocycles. The van der Waals surface area contributed by atoms with Crippen LogP contribution in [0.15, 0.2) is 24.3 Å². The molecule has 0 radical (unpaired) electrons. The van der Waals surface area contributed by atoms with Crippen molar-refractivity contribution in [2.45, 2.75) is 33.3 Å². The van der Waals surface area contributed by atoms with E-state index in [-0.39, 0.29) is 24.3 Å². The molecule has 0 aromatic heterocycles. The molecule has 106 valence electrons. The number of ether oxygens (including phenoxy) is 1. The van der Waals surface area contributed by atoms with Gasteiger partial charge in [-0.15, -0.1) is 0 Å². The average molecular weight is 267 g/mol. The van der Waals surface area contributed by atoms with Crippen molar-refractivity contribution in [3.63, 3.8) is 0 Å². The second-order valence-electron chi connectivity index (χ2n) is 5.19. The van der Waals surface area contributed by atoms with E-state index in [1.54, 1.807) is 18.2 Å². The van der Waals surface area contributed by atoms with E-state index < -0.39 is 0 Å². The Morgan fingerprint density at radius 2 is 2.05 bits per heavy atom. The van der Waals surface area contributed by atoms with Crippen molar-refractivity contribution in [1.82, 2.24) is 0 Å². The Kier molecular flexibility index (Phi) is 6.50. The molecule has 0 heterocycles. The zero-order valence-corrected chi connectivity index (χ0v) is 11.6. The molecule has 1 atom stereocenters. The Labute approximate surface area is 113 Å². The summed E-state index contributed by atoms with van der Waals surface area (Å²) in [5.41, 5.74) is 6.03. The van der Waals surface area contributed by atoms with E-state index in [9.17, 15) is 9.18 Å². The summed E-state index contributed by atoms with van der Waals surface area (Å²) in [6.07, 6.45) is 1.19. The molecule has 0 fully saturated rings. The van der Waals surface area contributed by atoms with Gasteiger partial charge in [0.1, 0.15) is 12.4 Å². The lowest BCUT2D eigenvalue weighted by atomic mass is 9.94. The zero-order chi connectivity index (χ0) is 14.3. The van der Waals surface area contributed by atoms with Gasteiger partial charge >= 0.3 is 5.97 Å². The highest BCUT2D eigenvalue weighted by Gasteiger charge is 2.15. The van der Waals surface area contributed by atoms with Crippen LogP contribution in [0.2, 0.25) is 0 Å². The maximum Gasteiger partial charge on any atom is 0.306 e. The smallest absolute Gasteiger partial charge is 0.306 e. The van der Waals surface area contributed by atoms with Gasteiger partial charge in [0.25, 0.3) is 0 Å². The van der Waals surface area contributed by atoms with Gasteiger partial charge in [0, 0.05) is 12.0 Å². The number of esters is 1. The fraction of sp³-hybridized carbons (Fsp3) is 0.533. The number of carbonyl (C=O) groups excluding carboxylic acids is 1. The molecule has 1 rings (SSSR count).